The molecule has 1 aromatic rings. The first-order chi connectivity index (χ1) is 7.67. The van der Waals surface area contributed by atoms with Gasteiger partial charge < -0.3 is 9.47 Å². The molecule has 0 heterocycles. The lowest BCUT2D eigenvalue weighted by atomic mass is 10.0. The number of hydrogen-bond donors (Lipinski definition) is 0. The molecular formula is C13H18O3. The van der Waals surface area contributed by atoms with Crippen LogP contribution in [0.1, 0.15) is 24.5 Å². The highest BCUT2D eigenvalue weighted by atomic mass is 16.5. The highest BCUT2D eigenvalue weighted by molar-refractivity contribution is 5.69. The van der Waals surface area contributed by atoms with Crippen molar-refractivity contribution in [1.29, 1.82) is 0 Å². The van der Waals surface area contributed by atoms with Gasteiger partial charge in [0.05, 0.1) is 13.7 Å². The standard InChI is InChI=1S/C13H18O3/c1-4-16-13(14)8-6-11-9-12(15-3)7-5-10(11)2/h5,7,9H,4,6,8H2,1-3H3. The molecule has 0 unspecified atom stereocenters. The quantitative estimate of drug-likeness (QED) is 0.718. The number of methoxy groups -OCH3 is 1. The Labute approximate surface area is 96.4 Å². The fourth-order valence-corrected chi connectivity index (χ4v) is 1.51. The van der Waals surface area contributed by atoms with Crippen LogP contribution in [0.4, 0.5) is 0 Å². The Kier molecular flexibility index (Phi) is 4.83. The number of benzene rings is 1. The summed E-state index contributed by atoms with van der Waals surface area (Å²) in [7, 11) is 1.64. The first kappa shape index (κ1) is 12.6. The lowest BCUT2D eigenvalue weighted by Gasteiger charge is -2.08. The van der Waals surface area contributed by atoms with Crippen molar-refractivity contribution in [2.24, 2.45) is 0 Å². The molecule has 0 saturated heterocycles. The smallest absolute Gasteiger partial charge is 0.306 e. The molecule has 0 bridgehead atoms. The van der Waals surface area contributed by atoms with Crippen LogP contribution in [0, 0.1) is 6.92 Å². The summed E-state index contributed by atoms with van der Waals surface area (Å²) in [6.07, 6.45) is 1.11. The maximum absolute atomic E-state index is 11.2. The van der Waals surface area contributed by atoms with Gasteiger partial charge >= 0.3 is 5.97 Å². The average molecular weight is 222 g/mol. The van der Waals surface area contributed by atoms with Gasteiger partial charge in [-0.1, -0.05) is 6.07 Å². The number of ether oxygens (including phenoxy) is 2. The fourth-order valence-electron chi connectivity index (χ4n) is 1.51. The van der Waals surface area contributed by atoms with Crippen molar-refractivity contribution in [1.82, 2.24) is 0 Å². The van der Waals surface area contributed by atoms with Gasteiger partial charge in [-0.05, 0) is 43.5 Å². The summed E-state index contributed by atoms with van der Waals surface area (Å²) >= 11 is 0. The van der Waals surface area contributed by atoms with Crippen molar-refractivity contribution in [3.63, 3.8) is 0 Å². The molecule has 0 aliphatic carbocycles. The summed E-state index contributed by atoms with van der Waals surface area (Å²) < 4.78 is 10.0. The molecule has 0 amide bonds. The molecule has 0 spiro atoms. The van der Waals surface area contributed by atoms with E-state index in [1.807, 2.05) is 32.0 Å². The first-order valence-corrected chi connectivity index (χ1v) is 5.46. The molecule has 88 valence electrons. The molecule has 0 atom stereocenters. The van der Waals surface area contributed by atoms with E-state index in [0.717, 1.165) is 11.3 Å². The number of hydrogen-bond acceptors (Lipinski definition) is 3. The second-order valence-corrected chi connectivity index (χ2v) is 3.60. The van der Waals surface area contributed by atoms with E-state index >= 15 is 0 Å². The maximum Gasteiger partial charge on any atom is 0.306 e. The van der Waals surface area contributed by atoms with Gasteiger partial charge in [0.15, 0.2) is 0 Å². The van der Waals surface area contributed by atoms with Crippen LogP contribution in [-0.2, 0) is 16.0 Å². The van der Waals surface area contributed by atoms with Crippen LogP contribution in [0.3, 0.4) is 0 Å². The second kappa shape index (κ2) is 6.16. The minimum Gasteiger partial charge on any atom is -0.497 e. The van der Waals surface area contributed by atoms with Crippen LogP contribution in [-0.4, -0.2) is 19.7 Å². The minimum absolute atomic E-state index is 0.148. The van der Waals surface area contributed by atoms with Gasteiger partial charge in [-0.25, -0.2) is 0 Å². The zero-order valence-electron chi connectivity index (χ0n) is 10.1. The molecule has 0 aliphatic rings. The molecule has 0 radical (unpaired) electrons. The lowest BCUT2D eigenvalue weighted by molar-refractivity contribution is -0.143. The van der Waals surface area contributed by atoms with Crippen LogP contribution in [0.2, 0.25) is 0 Å². The SMILES string of the molecule is CCOC(=O)CCc1cc(OC)ccc1C. The summed E-state index contributed by atoms with van der Waals surface area (Å²) in [6.45, 7) is 4.28. The van der Waals surface area contributed by atoms with E-state index in [0.29, 0.717) is 19.4 Å². The van der Waals surface area contributed by atoms with Gasteiger partial charge in [0, 0.05) is 6.42 Å². The van der Waals surface area contributed by atoms with E-state index in [9.17, 15) is 4.79 Å². The average Bonchev–Trinajstić information content (AvgIpc) is 2.28. The maximum atomic E-state index is 11.2. The van der Waals surface area contributed by atoms with Gasteiger partial charge in [0.1, 0.15) is 5.75 Å². The van der Waals surface area contributed by atoms with Crippen LogP contribution in [0.15, 0.2) is 18.2 Å². The number of aryl methyl sites for hydroxylation is 2. The number of carbonyl (C=O) groups is 1. The Morgan fingerprint density at radius 3 is 2.75 bits per heavy atom. The van der Waals surface area contributed by atoms with Gasteiger partial charge in [-0.15, -0.1) is 0 Å². The summed E-state index contributed by atoms with van der Waals surface area (Å²) in [4.78, 5) is 11.2. The van der Waals surface area contributed by atoms with Crippen molar-refractivity contribution < 1.29 is 14.3 Å². The highest BCUT2D eigenvalue weighted by Gasteiger charge is 2.05. The first-order valence-electron chi connectivity index (χ1n) is 5.46. The molecule has 1 rings (SSSR count). The van der Waals surface area contributed by atoms with Crippen LogP contribution in [0.5, 0.6) is 5.75 Å². The number of carbonyl (C=O) groups excluding carboxylic acids is 1. The van der Waals surface area contributed by atoms with Crippen LogP contribution >= 0.6 is 0 Å². The Morgan fingerprint density at radius 2 is 2.12 bits per heavy atom. The van der Waals surface area contributed by atoms with E-state index in [1.165, 1.54) is 5.56 Å². The monoisotopic (exact) mass is 222 g/mol. The molecule has 0 N–H and O–H groups in total. The van der Waals surface area contributed by atoms with Crippen LogP contribution < -0.4 is 4.74 Å². The third-order valence-corrected chi connectivity index (χ3v) is 2.46. The predicted molar refractivity (Wildman–Crippen MR) is 62.7 cm³/mol. The summed E-state index contributed by atoms with van der Waals surface area (Å²) in [5.74, 6) is 0.675. The molecule has 3 heteroatoms. The van der Waals surface area contributed by atoms with E-state index in [2.05, 4.69) is 0 Å². The number of rotatable bonds is 5. The Bertz CT molecular complexity index is 358. The molecule has 0 saturated carbocycles. The Morgan fingerprint density at radius 1 is 1.38 bits per heavy atom. The predicted octanol–water partition coefficient (Wildman–Crippen LogP) is 2.50. The van der Waals surface area contributed by atoms with Crippen molar-refractivity contribution in [3.05, 3.63) is 29.3 Å². The molecule has 3 nitrogen and oxygen atoms in total. The van der Waals surface area contributed by atoms with E-state index < -0.39 is 0 Å². The van der Waals surface area contributed by atoms with Crippen molar-refractivity contribution in [3.8, 4) is 5.75 Å². The van der Waals surface area contributed by atoms with E-state index in [-0.39, 0.29) is 5.97 Å². The molecule has 0 fully saturated rings. The highest BCUT2D eigenvalue weighted by Crippen LogP contribution is 2.18. The number of esters is 1. The van der Waals surface area contributed by atoms with Crippen molar-refractivity contribution >= 4 is 5.97 Å². The zero-order chi connectivity index (χ0) is 12.0. The summed E-state index contributed by atoms with van der Waals surface area (Å²) in [5.41, 5.74) is 2.30. The van der Waals surface area contributed by atoms with Crippen molar-refractivity contribution in [2.45, 2.75) is 26.7 Å². The molecule has 0 aromatic heterocycles. The van der Waals surface area contributed by atoms with Crippen molar-refractivity contribution in [2.75, 3.05) is 13.7 Å². The summed E-state index contributed by atoms with van der Waals surface area (Å²) in [6, 6.07) is 5.89. The largest absolute Gasteiger partial charge is 0.497 e. The molecule has 16 heavy (non-hydrogen) atoms. The van der Waals surface area contributed by atoms with Gasteiger partial charge in [0.25, 0.3) is 0 Å². The van der Waals surface area contributed by atoms with E-state index in [1.54, 1.807) is 7.11 Å². The van der Waals surface area contributed by atoms with E-state index in [4.69, 9.17) is 9.47 Å². The Balaban J connectivity index is 2.62. The van der Waals surface area contributed by atoms with Crippen LogP contribution in [0.25, 0.3) is 0 Å². The lowest BCUT2D eigenvalue weighted by Crippen LogP contribution is -2.05. The Hall–Kier alpha value is -1.51. The van der Waals surface area contributed by atoms with Gasteiger partial charge in [-0.3, -0.25) is 4.79 Å². The topological polar surface area (TPSA) is 35.5 Å². The fraction of sp³-hybridized carbons (Fsp3) is 0.462. The van der Waals surface area contributed by atoms with Gasteiger partial charge in [0.2, 0.25) is 0 Å². The minimum atomic E-state index is -0.148. The molecule has 1 aromatic carbocycles. The zero-order valence-corrected chi connectivity index (χ0v) is 10.1. The van der Waals surface area contributed by atoms with Gasteiger partial charge in [-0.2, -0.15) is 0 Å². The second-order valence-electron chi connectivity index (χ2n) is 3.60. The third-order valence-electron chi connectivity index (χ3n) is 2.46. The normalized spacial score (nSPS) is 9.94. The summed E-state index contributed by atoms with van der Waals surface area (Å²) in [5, 5.41) is 0. The third kappa shape index (κ3) is 3.57. The molecular weight excluding hydrogens is 204 g/mol. The molecule has 0 aliphatic heterocycles.